The lowest BCUT2D eigenvalue weighted by atomic mass is 9.94. The maximum atomic E-state index is 13.2. The van der Waals surface area contributed by atoms with Gasteiger partial charge in [0.2, 0.25) is 5.91 Å². The zero-order chi connectivity index (χ0) is 24.1. The highest BCUT2D eigenvalue weighted by Gasteiger charge is 2.49. The van der Waals surface area contributed by atoms with Crippen LogP contribution in [0.3, 0.4) is 0 Å². The average Bonchev–Trinajstić information content (AvgIpc) is 3.09. The van der Waals surface area contributed by atoms with Gasteiger partial charge in [-0.3, -0.25) is 9.69 Å². The maximum absolute atomic E-state index is 13.2. The summed E-state index contributed by atoms with van der Waals surface area (Å²) in [6.45, 7) is 2.46. The molecule has 0 N–H and O–H groups in total. The second kappa shape index (κ2) is 7.75. The van der Waals surface area contributed by atoms with Gasteiger partial charge in [0.05, 0.1) is 20.8 Å². The number of alkyl halides is 6. The number of hydrogen-bond acceptors (Lipinski definition) is 4. The van der Waals surface area contributed by atoms with Crippen molar-refractivity contribution < 1.29 is 39.6 Å². The molecule has 5 nitrogen and oxygen atoms in total. The molecule has 174 valence electrons. The van der Waals surface area contributed by atoms with Crippen LogP contribution in [0.4, 0.5) is 32.2 Å². The Morgan fingerprint density at radius 1 is 0.969 bits per heavy atom. The minimum atomic E-state index is -4.73. The predicted octanol–water partition coefficient (Wildman–Crippen LogP) is 4.72. The van der Waals surface area contributed by atoms with Crippen molar-refractivity contribution in [3.05, 3.63) is 53.7 Å². The molecule has 0 bridgehead atoms. The molecule has 0 unspecified atom stereocenters. The van der Waals surface area contributed by atoms with Gasteiger partial charge in [-0.05, 0) is 44.2 Å². The lowest BCUT2D eigenvalue weighted by Gasteiger charge is -2.31. The highest BCUT2D eigenvalue weighted by molar-refractivity contribution is 7.92. The van der Waals surface area contributed by atoms with Crippen molar-refractivity contribution in [1.82, 2.24) is 4.98 Å². The Morgan fingerprint density at radius 3 is 2.12 bits per heavy atom. The smallest absolute Gasteiger partial charge is 0.296 e. The fourth-order valence-corrected chi connectivity index (χ4v) is 5.21. The van der Waals surface area contributed by atoms with Crippen LogP contribution in [0.1, 0.15) is 31.4 Å². The minimum Gasteiger partial charge on any atom is -0.296 e. The Labute approximate surface area is 180 Å². The first-order valence-electron chi connectivity index (χ1n) is 9.30. The van der Waals surface area contributed by atoms with Crippen molar-refractivity contribution in [2.75, 3.05) is 11.4 Å². The summed E-state index contributed by atoms with van der Waals surface area (Å²) in [4.78, 5) is 16.7. The van der Waals surface area contributed by atoms with Gasteiger partial charge in [0.1, 0.15) is 5.82 Å². The summed E-state index contributed by atoms with van der Waals surface area (Å²) in [5.41, 5.74) is -2.12. The molecule has 1 aromatic carbocycles. The van der Waals surface area contributed by atoms with Gasteiger partial charge < -0.3 is 0 Å². The molecule has 32 heavy (non-hydrogen) atoms. The van der Waals surface area contributed by atoms with Crippen molar-refractivity contribution in [3.8, 4) is 0 Å². The normalized spacial score (nSPS) is 18.3. The number of pyridine rings is 1. The minimum absolute atomic E-state index is 0.0715. The van der Waals surface area contributed by atoms with Crippen LogP contribution in [0.5, 0.6) is 0 Å². The molecule has 2 heterocycles. The lowest BCUT2D eigenvalue weighted by molar-refractivity contribution is -0.138. The molecular formula is C20H18F6N2O3S. The van der Waals surface area contributed by atoms with Gasteiger partial charge in [0, 0.05) is 25.1 Å². The first-order chi connectivity index (χ1) is 14.5. The van der Waals surface area contributed by atoms with Gasteiger partial charge in [-0.1, -0.05) is 6.07 Å². The number of carbonyl (C=O) groups is 1. The molecule has 0 radical (unpaired) electrons. The van der Waals surface area contributed by atoms with Crippen LogP contribution < -0.4 is 4.90 Å². The van der Waals surface area contributed by atoms with Crippen molar-refractivity contribution in [1.29, 1.82) is 0 Å². The van der Waals surface area contributed by atoms with Crippen LogP contribution in [-0.4, -0.2) is 30.6 Å². The molecule has 1 amide bonds. The third-order valence-electron chi connectivity index (χ3n) is 5.62. The fourth-order valence-electron chi connectivity index (χ4n) is 3.47. The highest BCUT2D eigenvalue weighted by Crippen LogP contribution is 2.40. The van der Waals surface area contributed by atoms with E-state index in [9.17, 15) is 39.6 Å². The average molecular weight is 480 g/mol. The summed E-state index contributed by atoms with van der Waals surface area (Å²) in [5, 5.41) is 0. The molecule has 2 aromatic rings. The van der Waals surface area contributed by atoms with E-state index in [1.54, 1.807) is 0 Å². The van der Waals surface area contributed by atoms with Gasteiger partial charge in [-0.25, -0.2) is 13.4 Å². The number of amides is 1. The van der Waals surface area contributed by atoms with Crippen LogP contribution in [0.15, 0.2) is 47.5 Å². The van der Waals surface area contributed by atoms with Crippen LogP contribution in [0.2, 0.25) is 0 Å². The van der Waals surface area contributed by atoms with Gasteiger partial charge in [0.15, 0.2) is 9.84 Å². The standard InChI is InChI=1S/C20H18F6N2O3S/c1-18(2,32(30,31)15-5-3-4-12(8-15)19(21,22)23)14-9-17(29)28(11-14)16-7-6-13(10-27-16)20(24,25)26/h3-8,10,14H,9,11H2,1-2H3/t14-/m1/s1. The molecule has 1 aliphatic heterocycles. The summed E-state index contributed by atoms with van der Waals surface area (Å²) in [7, 11) is -4.31. The summed E-state index contributed by atoms with van der Waals surface area (Å²) in [6, 6.07) is 5.11. The Morgan fingerprint density at radius 2 is 1.59 bits per heavy atom. The molecular weight excluding hydrogens is 462 g/mol. The van der Waals surface area contributed by atoms with Crippen molar-refractivity contribution in [2.24, 2.45) is 5.92 Å². The molecule has 1 aromatic heterocycles. The van der Waals surface area contributed by atoms with Crippen LogP contribution in [0, 0.1) is 5.92 Å². The van der Waals surface area contributed by atoms with Crippen molar-refractivity contribution in [3.63, 3.8) is 0 Å². The third-order valence-corrected chi connectivity index (χ3v) is 8.22. The second-order valence-corrected chi connectivity index (χ2v) is 10.5. The van der Waals surface area contributed by atoms with E-state index in [1.807, 2.05) is 0 Å². The van der Waals surface area contributed by atoms with E-state index in [1.165, 1.54) is 13.8 Å². The largest absolute Gasteiger partial charge is 0.417 e. The van der Waals surface area contributed by atoms with E-state index in [-0.39, 0.29) is 18.8 Å². The first-order valence-corrected chi connectivity index (χ1v) is 10.8. The number of carbonyl (C=O) groups excluding carboxylic acids is 1. The number of sulfone groups is 1. The maximum Gasteiger partial charge on any atom is 0.417 e. The van der Waals surface area contributed by atoms with E-state index >= 15 is 0 Å². The van der Waals surface area contributed by atoms with Gasteiger partial charge in [0.25, 0.3) is 0 Å². The number of halogens is 6. The second-order valence-electron chi connectivity index (χ2n) is 7.94. The summed E-state index contributed by atoms with van der Waals surface area (Å²) >= 11 is 0. The molecule has 1 atom stereocenters. The van der Waals surface area contributed by atoms with Crippen LogP contribution >= 0.6 is 0 Å². The quantitative estimate of drug-likeness (QED) is 0.594. The molecule has 0 aliphatic carbocycles. The predicted molar refractivity (Wildman–Crippen MR) is 102 cm³/mol. The number of rotatable bonds is 4. The van der Waals surface area contributed by atoms with Gasteiger partial charge >= 0.3 is 12.4 Å². The zero-order valence-corrected chi connectivity index (χ0v) is 17.6. The zero-order valence-electron chi connectivity index (χ0n) is 16.8. The molecule has 0 spiro atoms. The highest BCUT2D eigenvalue weighted by atomic mass is 32.2. The number of anilines is 1. The molecule has 3 rings (SSSR count). The molecule has 1 aliphatic rings. The fraction of sp³-hybridized carbons (Fsp3) is 0.400. The van der Waals surface area contributed by atoms with Gasteiger partial charge in [-0.2, -0.15) is 26.3 Å². The number of nitrogens with zero attached hydrogens (tertiary/aromatic N) is 2. The monoisotopic (exact) mass is 480 g/mol. The number of benzene rings is 1. The van der Waals surface area contributed by atoms with Crippen LogP contribution in [0.25, 0.3) is 0 Å². The third kappa shape index (κ3) is 4.32. The van der Waals surface area contributed by atoms with E-state index in [0.29, 0.717) is 12.3 Å². The molecule has 1 saturated heterocycles. The van der Waals surface area contributed by atoms with Crippen LogP contribution in [-0.2, 0) is 27.0 Å². The van der Waals surface area contributed by atoms with Crippen molar-refractivity contribution in [2.45, 2.75) is 42.3 Å². The number of hydrogen-bond donors (Lipinski definition) is 0. The van der Waals surface area contributed by atoms with E-state index < -0.39 is 54.8 Å². The van der Waals surface area contributed by atoms with E-state index in [4.69, 9.17) is 0 Å². The first kappa shape index (κ1) is 24.0. The van der Waals surface area contributed by atoms with Gasteiger partial charge in [-0.15, -0.1) is 0 Å². The summed E-state index contributed by atoms with van der Waals surface area (Å²) in [5.74, 6) is -1.45. The Balaban J connectivity index is 1.89. The lowest BCUT2D eigenvalue weighted by Crippen LogP contribution is -2.41. The Kier molecular flexibility index (Phi) is 5.82. The molecule has 0 saturated carbocycles. The summed E-state index contributed by atoms with van der Waals surface area (Å²) in [6.07, 6.45) is -9.03. The Bertz CT molecular complexity index is 1130. The van der Waals surface area contributed by atoms with E-state index in [0.717, 1.165) is 35.2 Å². The SMILES string of the molecule is CC(C)([C@@H]1CC(=O)N(c2ccc(C(F)(F)F)cn2)C1)S(=O)(=O)c1cccc(C(F)(F)F)c1. The summed E-state index contributed by atoms with van der Waals surface area (Å²) < 4.78 is 102. The molecule has 12 heteroatoms. The van der Waals surface area contributed by atoms with E-state index in [2.05, 4.69) is 4.98 Å². The Hall–Kier alpha value is -2.63. The topological polar surface area (TPSA) is 67.3 Å². The molecule has 1 fully saturated rings. The van der Waals surface area contributed by atoms with Crippen molar-refractivity contribution >= 4 is 21.6 Å². The number of aromatic nitrogens is 1.